The van der Waals surface area contributed by atoms with Crippen LogP contribution in [0.1, 0.15) is 5.56 Å². The van der Waals surface area contributed by atoms with Gasteiger partial charge in [0.25, 0.3) is 0 Å². The molecular weight excluding hydrogens is 376 g/mol. The highest BCUT2D eigenvalue weighted by molar-refractivity contribution is 7.89. The molecule has 0 aliphatic carbocycles. The molecule has 0 aliphatic heterocycles. The monoisotopic (exact) mass is 398 g/mol. The number of rotatable bonds is 8. The van der Waals surface area contributed by atoms with E-state index in [1.54, 1.807) is 19.2 Å². The Morgan fingerprint density at radius 3 is 1.93 bits per heavy atom. The van der Waals surface area contributed by atoms with Crippen LogP contribution in [0.15, 0.2) is 77.7 Å². The van der Waals surface area contributed by atoms with Gasteiger partial charge in [-0.15, -0.1) is 0 Å². The lowest BCUT2D eigenvalue weighted by molar-refractivity contribution is 0.413. The van der Waals surface area contributed by atoms with Gasteiger partial charge in [-0.1, -0.05) is 12.1 Å². The summed E-state index contributed by atoms with van der Waals surface area (Å²) < 4.78 is 38.0. The van der Waals surface area contributed by atoms with Gasteiger partial charge in [0.05, 0.1) is 12.0 Å². The van der Waals surface area contributed by atoms with Gasteiger partial charge in [-0.2, -0.15) is 0 Å². The molecule has 0 atom stereocenters. The summed E-state index contributed by atoms with van der Waals surface area (Å²) in [4.78, 5) is 0.199. The molecule has 0 fully saturated rings. The minimum atomic E-state index is -3.54. The summed E-state index contributed by atoms with van der Waals surface area (Å²) in [6.45, 7) is 0.297. The Labute approximate surface area is 165 Å². The van der Waals surface area contributed by atoms with Gasteiger partial charge < -0.3 is 15.2 Å². The Hall–Kier alpha value is -3.03. The molecule has 0 heterocycles. The van der Waals surface area contributed by atoms with Crippen molar-refractivity contribution in [2.24, 2.45) is 0 Å². The zero-order valence-corrected chi connectivity index (χ0v) is 16.3. The molecule has 28 heavy (non-hydrogen) atoms. The second-order valence-electron chi connectivity index (χ2n) is 6.14. The molecule has 3 N–H and O–H groups in total. The SMILES string of the molecule is COc1ccc(Oc2ccc(CCNS(=O)(=O)c3ccc(N)cc3)cc2)cc1. The number of hydrogen-bond donors (Lipinski definition) is 2. The smallest absolute Gasteiger partial charge is 0.240 e. The van der Waals surface area contributed by atoms with E-state index in [1.807, 2.05) is 48.5 Å². The summed E-state index contributed by atoms with van der Waals surface area (Å²) in [6.07, 6.45) is 0.566. The second kappa shape index (κ2) is 8.77. The zero-order chi connectivity index (χ0) is 20.0. The van der Waals surface area contributed by atoms with E-state index in [1.165, 1.54) is 12.1 Å². The number of ether oxygens (including phenoxy) is 2. The molecule has 3 rings (SSSR count). The van der Waals surface area contributed by atoms with Crippen LogP contribution in [-0.2, 0) is 16.4 Å². The van der Waals surface area contributed by atoms with E-state index in [0.29, 0.717) is 30.2 Å². The molecule has 0 saturated heterocycles. The number of nitrogens with two attached hydrogens (primary N) is 1. The molecule has 0 saturated carbocycles. The van der Waals surface area contributed by atoms with Gasteiger partial charge in [0.15, 0.2) is 0 Å². The van der Waals surface area contributed by atoms with Gasteiger partial charge >= 0.3 is 0 Å². The first kappa shape index (κ1) is 19.7. The van der Waals surface area contributed by atoms with Crippen LogP contribution in [0, 0.1) is 0 Å². The van der Waals surface area contributed by atoms with E-state index in [2.05, 4.69) is 4.72 Å². The fourth-order valence-corrected chi connectivity index (χ4v) is 3.60. The molecule has 146 valence electrons. The van der Waals surface area contributed by atoms with Gasteiger partial charge in [0.2, 0.25) is 10.0 Å². The lowest BCUT2D eigenvalue weighted by Gasteiger charge is -2.09. The second-order valence-corrected chi connectivity index (χ2v) is 7.91. The van der Waals surface area contributed by atoms with Crippen molar-refractivity contribution in [1.82, 2.24) is 4.72 Å². The molecule has 0 spiro atoms. The highest BCUT2D eigenvalue weighted by atomic mass is 32.2. The summed E-state index contributed by atoms with van der Waals surface area (Å²) >= 11 is 0. The van der Waals surface area contributed by atoms with Crippen LogP contribution in [0.25, 0.3) is 0 Å². The molecule has 6 nitrogen and oxygen atoms in total. The van der Waals surface area contributed by atoms with Crippen LogP contribution in [0.4, 0.5) is 5.69 Å². The highest BCUT2D eigenvalue weighted by Crippen LogP contribution is 2.24. The van der Waals surface area contributed by atoms with E-state index in [4.69, 9.17) is 15.2 Å². The molecule has 0 radical (unpaired) electrons. The number of nitrogen functional groups attached to an aromatic ring is 1. The Kier molecular flexibility index (Phi) is 6.18. The number of anilines is 1. The standard InChI is InChI=1S/C21H22N2O4S/c1-26-18-8-10-20(11-9-18)27-19-6-2-16(3-7-19)14-15-23-28(24,25)21-12-4-17(22)5-13-21/h2-13,23H,14-15,22H2,1H3. The van der Waals surface area contributed by atoms with Crippen molar-refractivity contribution in [1.29, 1.82) is 0 Å². The Bertz CT molecular complexity index is 1000. The average Bonchev–Trinajstić information content (AvgIpc) is 2.70. The van der Waals surface area contributed by atoms with Crippen molar-refractivity contribution >= 4 is 15.7 Å². The first-order valence-electron chi connectivity index (χ1n) is 8.72. The van der Waals surface area contributed by atoms with E-state index < -0.39 is 10.0 Å². The number of methoxy groups -OCH3 is 1. The summed E-state index contributed by atoms with van der Waals surface area (Å²) in [5.74, 6) is 2.19. The van der Waals surface area contributed by atoms with Crippen LogP contribution < -0.4 is 19.9 Å². The van der Waals surface area contributed by atoms with Gasteiger partial charge in [-0.3, -0.25) is 0 Å². The largest absolute Gasteiger partial charge is 0.497 e. The molecule has 0 aromatic heterocycles. The van der Waals surface area contributed by atoms with E-state index >= 15 is 0 Å². The van der Waals surface area contributed by atoms with Crippen molar-refractivity contribution in [2.75, 3.05) is 19.4 Å². The molecule has 0 unspecified atom stereocenters. The van der Waals surface area contributed by atoms with Crippen LogP contribution in [-0.4, -0.2) is 22.1 Å². The molecule has 0 amide bonds. The van der Waals surface area contributed by atoms with Crippen molar-refractivity contribution in [3.05, 3.63) is 78.4 Å². The molecule has 0 bridgehead atoms. The van der Waals surface area contributed by atoms with Crippen molar-refractivity contribution in [3.63, 3.8) is 0 Å². The Morgan fingerprint density at radius 2 is 1.36 bits per heavy atom. The quantitative estimate of drug-likeness (QED) is 0.566. The summed E-state index contributed by atoms with van der Waals surface area (Å²) in [7, 11) is -1.93. The zero-order valence-electron chi connectivity index (χ0n) is 15.5. The van der Waals surface area contributed by atoms with Crippen LogP contribution in [0.2, 0.25) is 0 Å². The predicted octanol–water partition coefficient (Wildman–Crippen LogP) is 3.59. The third-order valence-corrected chi connectivity index (χ3v) is 5.59. The molecule has 3 aromatic rings. The number of sulfonamides is 1. The normalized spacial score (nSPS) is 11.2. The average molecular weight is 398 g/mol. The number of hydrogen-bond acceptors (Lipinski definition) is 5. The number of nitrogens with one attached hydrogen (secondary N) is 1. The lowest BCUT2D eigenvalue weighted by Crippen LogP contribution is -2.25. The van der Waals surface area contributed by atoms with Crippen molar-refractivity contribution < 1.29 is 17.9 Å². The van der Waals surface area contributed by atoms with E-state index in [0.717, 1.165) is 11.3 Å². The third kappa shape index (κ3) is 5.25. The van der Waals surface area contributed by atoms with Crippen LogP contribution in [0.5, 0.6) is 17.2 Å². The summed E-state index contributed by atoms with van der Waals surface area (Å²) in [6, 6.07) is 21.0. The molecule has 7 heteroatoms. The first-order valence-corrected chi connectivity index (χ1v) is 10.2. The third-order valence-electron chi connectivity index (χ3n) is 4.11. The lowest BCUT2D eigenvalue weighted by atomic mass is 10.1. The molecule has 0 aliphatic rings. The van der Waals surface area contributed by atoms with Gasteiger partial charge in [0.1, 0.15) is 17.2 Å². The molecule has 3 aromatic carbocycles. The topological polar surface area (TPSA) is 90.6 Å². The van der Waals surface area contributed by atoms with E-state index in [-0.39, 0.29) is 4.90 Å². The Morgan fingerprint density at radius 1 is 0.821 bits per heavy atom. The van der Waals surface area contributed by atoms with Gasteiger partial charge in [-0.25, -0.2) is 13.1 Å². The van der Waals surface area contributed by atoms with Crippen molar-refractivity contribution in [3.8, 4) is 17.2 Å². The summed E-state index contributed by atoms with van der Waals surface area (Å²) in [5.41, 5.74) is 7.11. The van der Waals surface area contributed by atoms with Crippen LogP contribution in [0.3, 0.4) is 0 Å². The number of benzene rings is 3. The Balaban J connectivity index is 1.53. The molecular formula is C21H22N2O4S. The van der Waals surface area contributed by atoms with E-state index in [9.17, 15) is 8.42 Å². The fraction of sp³-hybridized carbons (Fsp3) is 0.143. The maximum absolute atomic E-state index is 12.3. The van der Waals surface area contributed by atoms with Gasteiger partial charge in [-0.05, 0) is 72.6 Å². The first-order chi connectivity index (χ1) is 13.5. The maximum atomic E-state index is 12.3. The van der Waals surface area contributed by atoms with Gasteiger partial charge in [0, 0.05) is 12.2 Å². The predicted molar refractivity (Wildman–Crippen MR) is 109 cm³/mol. The fourth-order valence-electron chi connectivity index (χ4n) is 2.56. The minimum Gasteiger partial charge on any atom is -0.497 e. The highest BCUT2D eigenvalue weighted by Gasteiger charge is 2.12. The minimum absolute atomic E-state index is 0.199. The summed E-state index contributed by atoms with van der Waals surface area (Å²) in [5, 5.41) is 0. The maximum Gasteiger partial charge on any atom is 0.240 e. The van der Waals surface area contributed by atoms with Crippen LogP contribution >= 0.6 is 0 Å². The van der Waals surface area contributed by atoms with Crippen molar-refractivity contribution in [2.45, 2.75) is 11.3 Å².